The van der Waals surface area contributed by atoms with E-state index in [1.807, 2.05) is 13.8 Å². The van der Waals surface area contributed by atoms with Crippen LogP contribution in [0.15, 0.2) is 0 Å². The lowest BCUT2D eigenvalue weighted by atomic mass is 9.98. The van der Waals surface area contributed by atoms with Crippen LogP contribution in [0.5, 0.6) is 0 Å². The second kappa shape index (κ2) is 3.38. The number of fused-ring (bicyclic) bond motifs is 1. The highest BCUT2D eigenvalue weighted by Crippen LogP contribution is 2.49. The summed E-state index contributed by atoms with van der Waals surface area (Å²) in [4.78, 5) is 0. The molecule has 2 aliphatic rings. The first-order valence-corrected chi connectivity index (χ1v) is 4.54. The zero-order chi connectivity index (χ0) is 7.56. The Morgan fingerprint density at radius 2 is 1.70 bits per heavy atom. The largest absolute Gasteiger partial charge is 0.393 e. The predicted octanol–water partition coefficient (Wildman–Crippen LogP) is 2.19. The number of hydrogen-bond donors (Lipinski definition) is 1. The van der Waals surface area contributed by atoms with Gasteiger partial charge in [-0.05, 0) is 37.5 Å². The van der Waals surface area contributed by atoms with Gasteiger partial charge < -0.3 is 5.11 Å². The van der Waals surface area contributed by atoms with E-state index in [1.165, 1.54) is 12.8 Å². The van der Waals surface area contributed by atoms with Crippen molar-refractivity contribution in [1.82, 2.24) is 0 Å². The highest BCUT2D eigenvalue weighted by atomic mass is 16.3. The van der Waals surface area contributed by atoms with Gasteiger partial charge in [0.2, 0.25) is 0 Å². The summed E-state index contributed by atoms with van der Waals surface area (Å²) in [6, 6.07) is 0. The van der Waals surface area contributed by atoms with Crippen LogP contribution in [-0.2, 0) is 0 Å². The van der Waals surface area contributed by atoms with Gasteiger partial charge in [0.15, 0.2) is 0 Å². The van der Waals surface area contributed by atoms with Crippen molar-refractivity contribution >= 4 is 0 Å². The summed E-state index contributed by atoms with van der Waals surface area (Å²) in [5, 5.41) is 9.11. The van der Waals surface area contributed by atoms with Crippen molar-refractivity contribution in [2.24, 2.45) is 11.8 Å². The molecule has 2 fully saturated rings. The lowest BCUT2D eigenvalue weighted by Crippen LogP contribution is -2.12. The fourth-order valence-corrected chi connectivity index (χ4v) is 1.83. The Morgan fingerprint density at radius 3 is 2.20 bits per heavy atom. The smallest absolute Gasteiger partial charge is 0.0543 e. The number of rotatable bonds is 0. The van der Waals surface area contributed by atoms with Gasteiger partial charge >= 0.3 is 0 Å². The third-order valence-electron chi connectivity index (χ3n) is 2.51. The van der Waals surface area contributed by atoms with Gasteiger partial charge in [-0.1, -0.05) is 13.8 Å². The SMILES string of the molecule is CC.OC1CCC2CC2C1. The van der Waals surface area contributed by atoms with E-state index in [2.05, 4.69) is 0 Å². The summed E-state index contributed by atoms with van der Waals surface area (Å²) < 4.78 is 0. The van der Waals surface area contributed by atoms with Crippen LogP contribution >= 0.6 is 0 Å². The Labute approximate surface area is 63.4 Å². The molecule has 0 bridgehead atoms. The molecule has 0 aromatic rings. The zero-order valence-corrected chi connectivity index (χ0v) is 7.01. The van der Waals surface area contributed by atoms with Gasteiger partial charge in [-0.15, -0.1) is 0 Å². The molecule has 0 aliphatic heterocycles. The second-order valence-electron chi connectivity index (χ2n) is 3.22. The van der Waals surface area contributed by atoms with Crippen LogP contribution in [0.25, 0.3) is 0 Å². The summed E-state index contributed by atoms with van der Waals surface area (Å²) in [5.74, 6) is 1.96. The molecule has 1 heteroatoms. The van der Waals surface area contributed by atoms with Gasteiger partial charge in [-0.3, -0.25) is 0 Å². The van der Waals surface area contributed by atoms with E-state index in [-0.39, 0.29) is 6.10 Å². The molecule has 1 N–H and O–H groups in total. The minimum atomic E-state index is 0.0544. The van der Waals surface area contributed by atoms with E-state index in [9.17, 15) is 0 Å². The van der Waals surface area contributed by atoms with Crippen LogP contribution in [0, 0.1) is 11.8 Å². The van der Waals surface area contributed by atoms with E-state index < -0.39 is 0 Å². The molecule has 0 saturated heterocycles. The molecular weight excluding hydrogens is 124 g/mol. The summed E-state index contributed by atoms with van der Waals surface area (Å²) in [6.07, 6.45) is 4.94. The fraction of sp³-hybridized carbons (Fsp3) is 1.00. The molecule has 0 aromatic carbocycles. The number of aliphatic hydroxyl groups excluding tert-OH is 1. The third kappa shape index (κ3) is 1.72. The molecule has 0 heterocycles. The lowest BCUT2D eigenvalue weighted by Gasteiger charge is -2.14. The molecule has 1 nitrogen and oxygen atoms in total. The first kappa shape index (κ1) is 8.06. The maximum absolute atomic E-state index is 9.11. The summed E-state index contributed by atoms with van der Waals surface area (Å²) in [5.41, 5.74) is 0. The normalized spacial score (nSPS) is 42.9. The van der Waals surface area contributed by atoms with Crippen LogP contribution < -0.4 is 0 Å². The minimum absolute atomic E-state index is 0.0544. The standard InChI is InChI=1S/C7H12O.C2H6/c8-7-2-1-5-3-6(5)4-7;1-2/h5-8H,1-4H2;1-2H3. The summed E-state index contributed by atoms with van der Waals surface area (Å²) in [7, 11) is 0. The number of hydrogen-bond acceptors (Lipinski definition) is 1. The first-order chi connectivity index (χ1) is 4.86. The van der Waals surface area contributed by atoms with Crippen molar-refractivity contribution in [3.05, 3.63) is 0 Å². The maximum atomic E-state index is 9.11. The molecule has 0 spiro atoms. The highest BCUT2D eigenvalue weighted by Gasteiger charge is 2.41. The van der Waals surface area contributed by atoms with Crippen LogP contribution in [0.2, 0.25) is 0 Å². The molecule has 0 aromatic heterocycles. The molecule has 2 saturated carbocycles. The van der Waals surface area contributed by atoms with Crippen molar-refractivity contribution in [3.8, 4) is 0 Å². The molecule has 60 valence electrons. The Bertz CT molecular complexity index is 101. The Balaban J connectivity index is 0.000000231. The first-order valence-electron chi connectivity index (χ1n) is 4.54. The van der Waals surface area contributed by atoms with E-state index in [0.717, 1.165) is 24.7 Å². The molecule has 2 rings (SSSR count). The second-order valence-corrected chi connectivity index (χ2v) is 3.22. The molecule has 3 atom stereocenters. The van der Waals surface area contributed by atoms with E-state index in [1.54, 1.807) is 0 Å². The van der Waals surface area contributed by atoms with E-state index in [4.69, 9.17) is 5.11 Å². The van der Waals surface area contributed by atoms with E-state index in [0.29, 0.717) is 0 Å². The van der Waals surface area contributed by atoms with Gasteiger partial charge in [0.1, 0.15) is 0 Å². The van der Waals surface area contributed by atoms with Crippen LogP contribution in [0.1, 0.15) is 39.5 Å². The van der Waals surface area contributed by atoms with Crippen molar-refractivity contribution in [2.45, 2.75) is 45.6 Å². The van der Waals surface area contributed by atoms with Crippen LogP contribution in [0.3, 0.4) is 0 Å². The van der Waals surface area contributed by atoms with Gasteiger partial charge in [-0.25, -0.2) is 0 Å². The monoisotopic (exact) mass is 142 g/mol. The van der Waals surface area contributed by atoms with Crippen LogP contribution in [0.4, 0.5) is 0 Å². The molecule has 0 radical (unpaired) electrons. The molecule has 3 unspecified atom stereocenters. The Kier molecular flexibility index (Phi) is 2.72. The molecular formula is C9H18O. The van der Waals surface area contributed by atoms with Gasteiger partial charge in [0.25, 0.3) is 0 Å². The van der Waals surface area contributed by atoms with E-state index >= 15 is 0 Å². The summed E-state index contributed by atoms with van der Waals surface area (Å²) >= 11 is 0. The van der Waals surface area contributed by atoms with Crippen molar-refractivity contribution in [3.63, 3.8) is 0 Å². The topological polar surface area (TPSA) is 20.2 Å². The average molecular weight is 142 g/mol. The quantitative estimate of drug-likeness (QED) is 0.549. The van der Waals surface area contributed by atoms with Crippen molar-refractivity contribution in [1.29, 1.82) is 0 Å². The Morgan fingerprint density at radius 1 is 1.00 bits per heavy atom. The molecule has 10 heavy (non-hydrogen) atoms. The average Bonchev–Trinajstić information content (AvgIpc) is 2.70. The molecule has 0 amide bonds. The minimum Gasteiger partial charge on any atom is -0.393 e. The number of aliphatic hydroxyl groups is 1. The lowest BCUT2D eigenvalue weighted by molar-refractivity contribution is 0.125. The highest BCUT2D eigenvalue weighted by molar-refractivity contribution is 4.92. The zero-order valence-electron chi connectivity index (χ0n) is 7.01. The van der Waals surface area contributed by atoms with Gasteiger partial charge in [0, 0.05) is 0 Å². The maximum Gasteiger partial charge on any atom is 0.0543 e. The van der Waals surface area contributed by atoms with Crippen molar-refractivity contribution in [2.75, 3.05) is 0 Å². The predicted molar refractivity (Wildman–Crippen MR) is 42.8 cm³/mol. The summed E-state index contributed by atoms with van der Waals surface area (Å²) in [6.45, 7) is 4.00. The van der Waals surface area contributed by atoms with Gasteiger partial charge in [0.05, 0.1) is 6.10 Å². The van der Waals surface area contributed by atoms with Crippen molar-refractivity contribution < 1.29 is 5.11 Å². The fourth-order valence-electron chi connectivity index (χ4n) is 1.83. The molecule has 2 aliphatic carbocycles. The Hall–Kier alpha value is -0.0400. The van der Waals surface area contributed by atoms with Crippen LogP contribution in [-0.4, -0.2) is 11.2 Å². The van der Waals surface area contributed by atoms with Gasteiger partial charge in [-0.2, -0.15) is 0 Å². The third-order valence-corrected chi connectivity index (χ3v) is 2.51.